The molecule has 0 spiro atoms. The number of sulfonamides is 1. The van der Waals surface area contributed by atoms with E-state index in [1.54, 1.807) is 0 Å². The molecule has 0 saturated carbocycles. The van der Waals surface area contributed by atoms with E-state index in [1.807, 2.05) is 20.8 Å². The molecule has 0 bridgehead atoms. The number of fused-ring (bicyclic) bond motifs is 1. The molecule has 0 aliphatic carbocycles. The summed E-state index contributed by atoms with van der Waals surface area (Å²) in [5, 5.41) is 7.56. The van der Waals surface area contributed by atoms with Crippen LogP contribution in [0, 0.1) is 11.8 Å². The second-order valence-corrected chi connectivity index (χ2v) is 9.76. The van der Waals surface area contributed by atoms with E-state index in [4.69, 9.17) is 9.56 Å². The maximum Gasteiger partial charge on any atom is 0.271 e. The zero-order valence-electron chi connectivity index (χ0n) is 12.9. The predicted molar refractivity (Wildman–Crippen MR) is 81.5 cm³/mol. The minimum atomic E-state index is -4.09. The Labute approximate surface area is 131 Å². The van der Waals surface area contributed by atoms with Gasteiger partial charge in [-0.15, -0.1) is 0 Å². The van der Waals surface area contributed by atoms with Gasteiger partial charge in [-0.2, -0.15) is 0 Å². The molecular weight excluding hydrogens is 328 g/mol. The fourth-order valence-corrected chi connectivity index (χ4v) is 4.97. The first kappa shape index (κ1) is 17.5. The molecule has 1 aliphatic rings. The minimum Gasteiger partial charge on any atom is -0.431 e. The molecule has 2 heterocycles. The molecule has 1 aliphatic heterocycles. The van der Waals surface area contributed by atoms with Crippen LogP contribution in [0.25, 0.3) is 0 Å². The maximum absolute atomic E-state index is 12.4. The number of rotatable bonds is 4. The molecule has 126 valence electrons. The van der Waals surface area contributed by atoms with E-state index in [9.17, 15) is 16.8 Å². The molecule has 0 saturated heterocycles. The Morgan fingerprint density at radius 3 is 2.64 bits per heavy atom. The van der Waals surface area contributed by atoms with Crippen molar-refractivity contribution in [2.24, 2.45) is 17.0 Å². The first-order valence-electron chi connectivity index (χ1n) is 7.13. The first-order chi connectivity index (χ1) is 10.0. The van der Waals surface area contributed by atoms with Crippen molar-refractivity contribution >= 4 is 19.9 Å². The van der Waals surface area contributed by atoms with Gasteiger partial charge in [-0.1, -0.05) is 20.8 Å². The lowest BCUT2D eigenvalue weighted by Crippen LogP contribution is -2.26. The summed E-state index contributed by atoms with van der Waals surface area (Å²) < 4.78 is 52.8. The molecule has 9 heteroatoms. The van der Waals surface area contributed by atoms with Gasteiger partial charge in [-0.3, -0.25) is 0 Å². The van der Waals surface area contributed by atoms with E-state index in [2.05, 4.69) is 5.32 Å². The van der Waals surface area contributed by atoms with Crippen LogP contribution in [0.5, 0.6) is 0 Å². The van der Waals surface area contributed by atoms with Crippen molar-refractivity contribution in [3.05, 3.63) is 11.6 Å². The van der Waals surface area contributed by atoms with Crippen molar-refractivity contribution in [1.82, 2.24) is 5.32 Å². The van der Waals surface area contributed by atoms with Gasteiger partial charge in [0.25, 0.3) is 10.0 Å². The van der Waals surface area contributed by atoms with Crippen LogP contribution in [0.15, 0.2) is 20.7 Å². The lowest BCUT2D eigenvalue weighted by atomic mass is 9.98. The van der Waals surface area contributed by atoms with Crippen molar-refractivity contribution < 1.29 is 21.3 Å². The molecule has 22 heavy (non-hydrogen) atoms. The summed E-state index contributed by atoms with van der Waals surface area (Å²) in [4.78, 5) is 0. The van der Waals surface area contributed by atoms with Gasteiger partial charge in [-0.05, 0) is 24.8 Å². The number of furan rings is 1. The Kier molecular flexibility index (Phi) is 4.72. The van der Waals surface area contributed by atoms with Gasteiger partial charge in [-0.25, -0.2) is 22.0 Å². The summed E-state index contributed by atoms with van der Waals surface area (Å²) in [6.07, 6.45) is 0.586. The molecule has 2 atom stereocenters. The lowest BCUT2D eigenvalue weighted by molar-refractivity contribution is 0.360. The van der Waals surface area contributed by atoms with Crippen LogP contribution < -0.4 is 10.5 Å². The molecule has 2 unspecified atom stereocenters. The van der Waals surface area contributed by atoms with E-state index < -0.39 is 25.0 Å². The third-order valence-corrected chi connectivity index (χ3v) is 6.21. The number of hydrogen-bond acceptors (Lipinski definition) is 6. The molecule has 7 nitrogen and oxygen atoms in total. The quantitative estimate of drug-likeness (QED) is 0.837. The summed E-state index contributed by atoms with van der Waals surface area (Å²) >= 11 is 0. The Bertz CT molecular complexity index is 749. The number of primary sulfonamides is 1. The number of nitrogens with one attached hydrogen (secondary N) is 1. The topological polar surface area (TPSA) is 119 Å². The predicted octanol–water partition coefficient (Wildman–Crippen LogP) is 1.03. The van der Waals surface area contributed by atoms with Crippen molar-refractivity contribution in [1.29, 1.82) is 0 Å². The van der Waals surface area contributed by atoms with Crippen LogP contribution in [0.2, 0.25) is 0 Å². The van der Waals surface area contributed by atoms with Gasteiger partial charge in [0.2, 0.25) is 20.0 Å². The van der Waals surface area contributed by atoms with Crippen LogP contribution in [0.1, 0.15) is 38.8 Å². The molecular formula is C13H22N2O5S2. The van der Waals surface area contributed by atoms with Gasteiger partial charge in [0.05, 0.1) is 5.75 Å². The highest BCUT2D eigenvalue weighted by molar-refractivity contribution is 7.91. The summed E-state index contributed by atoms with van der Waals surface area (Å²) in [6.45, 7) is 6.62. The standard InChI is InChI=1S/C13H22N2O5S2/c1-8(2)6-15-11-4-9(3)7-21(16,17)13-10(11)5-12(20-13)22(14,18)19/h5,8-9,11,15H,4,6-7H2,1-3H3,(H2,14,18,19). The highest BCUT2D eigenvalue weighted by Gasteiger charge is 2.36. The minimum absolute atomic E-state index is 0.0600. The van der Waals surface area contributed by atoms with Crippen LogP contribution in [-0.2, 0) is 19.9 Å². The van der Waals surface area contributed by atoms with E-state index in [0.717, 1.165) is 0 Å². The van der Waals surface area contributed by atoms with Crippen molar-refractivity contribution in [3.8, 4) is 0 Å². The van der Waals surface area contributed by atoms with Gasteiger partial charge in [0.1, 0.15) is 0 Å². The Morgan fingerprint density at radius 1 is 1.45 bits per heavy atom. The van der Waals surface area contributed by atoms with Crippen LogP contribution >= 0.6 is 0 Å². The average molecular weight is 350 g/mol. The SMILES string of the molecule is CC(C)CNC1CC(C)CS(=O)(=O)c2oc(S(N)(=O)=O)cc21. The fraction of sp³-hybridized carbons (Fsp3) is 0.692. The van der Waals surface area contributed by atoms with E-state index in [0.29, 0.717) is 24.4 Å². The normalized spacial score (nSPS) is 25.0. The third-order valence-electron chi connectivity index (χ3n) is 3.56. The zero-order chi connectivity index (χ0) is 16.7. The molecule has 1 aromatic heterocycles. The van der Waals surface area contributed by atoms with Gasteiger partial charge in [0.15, 0.2) is 0 Å². The van der Waals surface area contributed by atoms with Gasteiger partial charge < -0.3 is 9.73 Å². The van der Waals surface area contributed by atoms with Crippen LogP contribution in [0.3, 0.4) is 0 Å². The third kappa shape index (κ3) is 3.70. The average Bonchev–Trinajstić information content (AvgIpc) is 2.75. The zero-order valence-corrected chi connectivity index (χ0v) is 14.5. The summed E-state index contributed by atoms with van der Waals surface area (Å²) in [7, 11) is -7.75. The highest BCUT2D eigenvalue weighted by Crippen LogP contribution is 2.36. The number of hydrogen-bond donors (Lipinski definition) is 2. The van der Waals surface area contributed by atoms with E-state index in [1.165, 1.54) is 6.07 Å². The largest absolute Gasteiger partial charge is 0.431 e. The second-order valence-electron chi connectivity index (χ2n) is 6.33. The van der Waals surface area contributed by atoms with Crippen molar-refractivity contribution in [2.45, 2.75) is 43.4 Å². The molecule has 0 aromatic carbocycles. The summed E-state index contributed by atoms with van der Waals surface area (Å²) in [6, 6.07) is 0.960. The van der Waals surface area contributed by atoms with Crippen molar-refractivity contribution in [2.75, 3.05) is 12.3 Å². The maximum atomic E-state index is 12.4. The Hall–Kier alpha value is -0.900. The molecule has 0 radical (unpaired) electrons. The van der Waals surface area contributed by atoms with Crippen LogP contribution in [-0.4, -0.2) is 29.1 Å². The van der Waals surface area contributed by atoms with Gasteiger partial charge >= 0.3 is 0 Å². The molecule has 1 aromatic rings. The molecule has 0 fully saturated rings. The Balaban J connectivity index is 2.53. The first-order valence-corrected chi connectivity index (χ1v) is 10.3. The summed E-state index contributed by atoms with van der Waals surface area (Å²) in [5.41, 5.74) is 0.356. The van der Waals surface area contributed by atoms with Crippen LogP contribution in [0.4, 0.5) is 0 Å². The van der Waals surface area contributed by atoms with E-state index in [-0.39, 0.29) is 22.8 Å². The number of nitrogens with two attached hydrogens (primary N) is 1. The van der Waals surface area contributed by atoms with E-state index >= 15 is 0 Å². The Morgan fingerprint density at radius 2 is 2.09 bits per heavy atom. The number of sulfone groups is 1. The highest BCUT2D eigenvalue weighted by atomic mass is 32.2. The van der Waals surface area contributed by atoms with Crippen molar-refractivity contribution in [3.63, 3.8) is 0 Å². The molecule has 2 rings (SSSR count). The second kappa shape index (κ2) is 5.95. The monoisotopic (exact) mass is 350 g/mol. The van der Waals surface area contributed by atoms with Gasteiger partial charge in [0, 0.05) is 17.7 Å². The lowest BCUT2D eigenvalue weighted by Gasteiger charge is -2.19. The fourth-order valence-electron chi connectivity index (χ4n) is 2.61. The molecule has 0 amide bonds. The molecule has 3 N–H and O–H groups in total. The summed E-state index contributed by atoms with van der Waals surface area (Å²) in [5.74, 6) is 0.246. The smallest absolute Gasteiger partial charge is 0.271 e.